The van der Waals surface area contributed by atoms with Gasteiger partial charge in [-0.2, -0.15) is 0 Å². The zero-order valence-corrected chi connectivity index (χ0v) is 9.88. The molecule has 86 valence electrons. The zero-order chi connectivity index (χ0) is 11.8. The van der Waals surface area contributed by atoms with Crippen molar-refractivity contribution < 1.29 is 9.50 Å². The highest BCUT2D eigenvalue weighted by Crippen LogP contribution is 2.39. The third-order valence-electron chi connectivity index (χ3n) is 3.04. The first-order valence-corrected chi connectivity index (χ1v) is 6.43. The fourth-order valence-electron chi connectivity index (χ4n) is 2.14. The minimum Gasteiger partial charge on any atom is -0.384 e. The van der Waals surface area contributed by atoms with Crippen LogP contribution in [0.5, 0.6) is 0 Å². The van der Waals surface area contributed by atoms with E-state index in [1.54, 1.807) is 23.9 Å². The van der Waals surface area contributed by atoms with Crippen LogP contribution in [0.1, 0.15) is 22.8 Å². The number of fused-ring (bicyclic) bond motifs is 2. The second-order valence-electron chi connectivity index (χ2n) is 4.04. The van der Waals surface area contributed by atoms with Gasteiger partial charge >= 0.3 is 0 Å². The van der Waals surface area contributed by atoms with Gasteiger partial charge in [0.05, 0.1) is 0 Å². The summed E-state index contributed by atoms with van der Waals surface area (Å²) in [7, 11) is 0. The lowest BCUT2D eigenvalue weighted by atomic mass is 9.97. The standard InChI is InChI=1S/C14H11FOS/c15-12-6-3-5-9-11(12)8-17-13-7-2-1-4-10(13)14(9)16/h1-7,14,16H,8H2. The molecule has 17 heavy (non-hydrogen) atoms. The van der Waals surface area contributed by atoms with Gasteiger partial charge in [-0.05, 0) is 23.3 Å². The summed E-state index contributed by atoms with van der Waals surface area (Å²) in [6, 6.07) is 12.6. The van der Waals surface area contributed by atoms with Crippen molar-refractivity contribution in [3.05, 3.63) is 65.0 Å². The Morgan fingerprint density at radius 2 is 1.82 bits per heavy atom. The summed E-state index contributed by atoms with van der Waals surface area (Å²) in [5.74, 6) is 0.331. The molecule has 0 radical (unpaired) electrons. The van der Waals surface area contributed by atoms with E-state index in [0.717, 1.165) is 10.5 Å². The first-order chi connectivity index (χ1) is 8.27. The van der Waals surface area contributed by atoms with Crippen LogP contribution in [0, 0.1) is 5.82 Å². The highest BCUT2D eigenvalue weighted by molar-refractivity contribution is 7.98. The van der Waals surface area contributed by atoms with Gasteiger partial charge in [-0.3, -0.25) is 0 Å². The molecule has 1 N–H and O–H groups in total. The molecule has 0 amide bonds. The quantitative estimate of drug-likeness (QED) is 0.767. The second kappa shape index (κ2) is 4.17. The van der Waals surface area contributed by atoms with Crippen LogP contribution in [-0.2, 0) is 5.75 Å². The Morgan fingerprint density at radius 3 is 2.71 bits per heavy atom. The summed E-state index contributed by atoms with van der Waals surface area (Å²) in [6.45, 7) is 0. The van der Waals surface area contributed by atoms with Gasteiger partial charge in [-0.1, -0.05) is 30.3 Å². The Balaban J connectivity index is 2.20. The normalized spacial score (nSPS) is 18.1. The lowest BCUT2D eigenvalue weighted by Crippen LogP contribution is -2.03. The van der Waals surface area contributed by atoms with Gasteiger partial charge in [0, 0.05) is 16.2 Å². The molecule has 2 aromatic rings. The number of aliphatic hydroxyl groups excluding tert-OH is 1. The molecule has 0 bridgehead atoms. The lowest BCUT2D eigenvalue weighted by molar-refractivity contribution is 0.216. The van der Waals surface area contributed by atoms with E-state index >= 15 is 0 Å². The highest BCUT2D eigenvalue weighted by Gasteiger charge is 2.23. The molecule has 0 spiro atoms. The Morgan fingerprint density at radius 1 is 1.06 bits per heavy atom. The van der Waals surface area contributed by atoms with Crippen LogP contribution in [0.4, 0.5) is 4.39 Å². The number of hydrogen-bond donors (Lipinski definition) is 1. The first kappa shape index (κ1) is 10.8. The number of benzene rings is 2. The molecule has 1 atom stereocenters. The smallest absolute Gasteiger partial charge is 0.127 e. The van der Waals surface area contributed by atoms with Crippen LogP contribution in [-0.4, -0.2) is 5.11 Å². The van der Waals surface area contributed by atoms with Crippen LogP contribution < -0.4 is 0 Å². The van der Waals surface area contributed by atoms with Crippen LogP contribution in [0.2, 0.25) is 0 Å². The number of thioether (sulfide) groups is 1. The molecule has 1 aliphatic rings. The predicted molar refractivity (Wildman–Crippen MR) is 66.5 cm³/mol. The summed E-state index contributed by atoms with van der Waals surface area (Å²) in [6.07, 6.45) is -0.730. The summed E-state index contributed by atoms with van der Waals surface area (Å²) >= 11 is 1.57. The maximum Gasteiger partial charge on any atom is 0.127 e. The Bertz CT molecular complexity index is 568. The van der Waals surface area contributed by atoms with Gasteiger partial charge in [0.25, 0.3) is 0 Å². The molecular weight excluding hydrogens is 235 g/mol. The number of halogens is 1. The van der Waals surface area contributed by atoms with Crippen molar-refractivity contribution in [3.8, 4) is 0 Å². The SMILES string of the molecule is OC1c2ccccc2SCc2c(F)cccc21. The predicted octanol–water partition coefficient (Wildman–Crippen LogP) is 3.51. The van der Waals surface area contributed by atoms with E-state index in [4.69, 9.17) is 0 Å². The fourth-order valence-corrected chi connectivity index (χ4v) is 3.26. The van der Waals surface area contributed by atoms with Gasteiger partial charge in [0.1, 0.15) is 11.9 Å². The summed E-state index contributed by atoms with van der Waals surface area (Å²) in [5, 5.41) is 10.3. The summed E-state index contributed by atoms with van der Waals surface area (Å²) in [4.78, 5) is 1.02. The van der Waals surface area contributed by atoms with Crippen molar-refractivity contribution in [2.24, 2.45) is 0 Å². The molecule has 0 saturated carbocycles. The number of hydrogen-bond acceptors (Lipinski definition) is 2. The lowest BCUT2D eigenvalue weighted by Gasteiger charge is -2.13. The summed E-state index contributed by atoms with van der Waals surface area (Å²) < 4.78 is 13.7. The molecule has 1 unspecified atom stereocenters. The largest absolute Gasteiger partial charge is 0.384 e. The molecule has 0 aliphatic carbocycles. The van der Waals surface area contributed by atoms with Gasteiger partial charge in [0.15, 0.2) is 0 Å². The Hall–Kier alpha value is -1.32. The molecule has 1 aliphatic heterocycles. The van der Waals surface area contributed by atoms with Crippen molar-refractivity contribution in [2.45, 2.75) is 16.8 Å². The maximum absolute atomic E-state index is 13.7. The van der Waals surface area contributed by atoms with Crippen molar-refractivity contribution in [1.29, 1.82) is 0 Å². The molecular formula is C14H11FOS. The van der Waals surface area contributed by atoms with E-state index in [0.29, 0.717) is 16.9 Å². The third kappa shape index (κ3) is 1.75. The van der Waals surface area contributed by atoms with Gasteiger partial charge < -0.3 is 5.11 Å². The van der Waals surface area contributed by atoms with Gasteiger partial charge in [-0.25, -0.2) is 4.39 Å². The van der Waals surface area contributed by atoms with E-state index in [2.05, 4.69) is 0 Å². The van der Waals surface area contributed by atoms with Crippen molar-refractivity contribution in [3.63, 3.8) is 0 Å². The topological polar surface area (TPSA) is 20.2 Å². The van der Waals surface area contributed by atoms with E-state index in [1.165, 1.54) is 6.07 Å². The van der Waals surface area contributed by atoms with Crippen LogP contribution in [0.3, 0.4) is 0 Å². The average molecular weight is 246 g/mol. The molecule has 1 nitrogen and oxygen atoms in total. The molecule has 2 aromatic carbocycles. The average Bonchev–Trinajstić information content (AvgIpc) is 2.50. The van der Waals surface area contributed by atoms with Crippen molar-refractivity contribution >= 4 is 11.8 Å². The van der Waals surface area contributed by atoms with Crippen molar-refractivity contribution in [2.75, 3.05) is 0 Å². The summed E-state index contributed by atoms with van der Waals surface area (Å²) in [5.41, 5.74) is 2.16. The van der Waals surface area contributed by atoms with E-state index in [1.807, 2.05) is 24.3 Å². The second-order valence-corrected chi connectivity index (χ2v) is 5.05. The fraction of sp³-hybridized carbons (Fsp3) is 0.143. The highest BCUT2D eigenvalue weighted by atomic mass is 32.2. The number of rotatable bonds is 0. The van der Waals surface area contributed by atoms with E-state index in [-0.39, 0.29) is 5.82 Å². The zero-order valence-electron chi connectivity index (χ0n) is 9.06. The molecule has 0 fully saturated rings. The van der Waals surface area contributed by atoms with E-state index < -0.39 is 6.10 Å². The molecule has 3 rings (SSSR count). The van der Waals surface area contributed by atoms with Crippen LogP contribution in [0.15, 0.2) is 47.4 Å². The molecule has 0 saturated heterocycles. The Labute approximate surface area is 103 Å². The maximum atomic E-state index is 13.7. The minimum absolute atomic E-state index is 0.234. The Kier molecular flexibility index (Phi) is 2.65. The third-order valence-corrected chi connectivity index (χ3v) is 4.15. The monoisotopic (exact) mass is 246 g/mol. The minimum atomic E-state index is -0.730. The van der Waals surface area contributed by atoms with Gasteiger partial charge in [0.2, 0.25) is 0 Å². The van der Waals surface area contributed by atoms with Crippen molar-refractivity contribution in [1.82, 2.24) is 0 Å². The first-order valence-electron chi connectivity index (χ1n) is 5.44. The van der Waals surface area contributed by atoms with Crippen LogP contribution in [0.25, 0.3) is 0 Å². The van der Waals surface area contributed by atoms with Gasteiger partial charge in [-0.15, -0.1) is 11.8 Å². The van der Waals surface area contributed by atoms with Crippen LogP contribution >= 0.6 is 11.8 Å². The molecule has 1 heterocycles. The number of aliphatic hydroxyl groups is 1. The molecule has 0 aromatic heterocycles. The van der Waals surface area contributed by atoms with E-state index in [9.17, 15) is 9.50 Å². The molecule has 3 heteroatoms.